The standard InChI is InChI=1S/C15H12FNO3S/c16-13-3-1-2-4-14(13)20-8-10-9-21(18,19)15-6-5-11(17)7-12(10)15/h1-7,9H,8,17H2. The number of hydrogen-bond acceptors (Lipinski definition) is 4. The number of halogens is 1. The van der Waals surface area contributed by atoms with Crippen molar-refractivity contribution >= 4 is 21.1 Å². The van der Waals surface area contributed by atoms with Gasteiger partial charge in [-0.05, 0) is 30.3 Å². The number of nitrogen functional groups attached to an aromatic ring is 1. The molecule has 0 aliphatic carbocycles. The van der Waals surface area contributed by atoms with E-state index in [1.807, 2.05) is 0 Å². The van der Waals surface area contributed by atoms with Gasteiger partial charge in [0.15, 0.2) is 11.6 Å². The highest BCUT2D eigenvalue weighted by Crippen LogP contribution is 2.35. The molecule has 0 spiro atoms. The lowest BCUT2D eigenvalue weighted by Crippen LogP contribution is -2.01. The lowest BCUT2D eigenvalue weighted by atomic mass is 10.1. The van der Waals surface area contributed by atoms with Crippen LogP contribution >= 0.6 is 0 Å². The van der Waals surface area contributed by atoms with Crippen LogP contribution in [0.25, 0.3) is 5.57 Å². The van der Waals surface area contributed by atoms with Crippen molar-refractivity contribution in [3.8, 4) is 5.75 Å². The third kappa shape index (κ3) is 2.50. The van der Waals surface area contributed by atoms with Gasteiger partial charge in [0.1, 0.15) is 6.61 Å². The van der Waals surface area contributed by atoms with Crippen molar-refractivity contribution in [3.63, 3.8) is 0 Å². The first-order chi connectivity index (χ1) is 9.97. The molecule has 0 amide bonds. The molecule has 0 saturated carbocycles. The third-order valence-corrected chi connectivity index (χ3v) is 4.74. The zero-order valence-electron chi connectivity index (χ0n) is 10.9. The van der Waals surface area contributed by atoms with Gasteiger partial charge in [0.2, 0.25) is 9.84 Å². The van der Waals surface area contributed by atoms with Gasteiger partial charge >= 0.3 is 0 Å². The molecule has 108 valence electrons. The Hall–Kier alpha value is -2.34. The molecule has 1 aliphatic rings. The summed E-state index contributed by atoms with van der Waals surface area (Å²) in [5, 5.41) is 1.14. The highest BCUT2D eigenvalue weighted by atomic mass is 32.2. The molecule has 2 N–H and O–H groups in total. The van der Waals surface area contributed by atoms with Gasteiger partial charge in [-0.25, -0.2) is 12.8 Å². The van der Waals surface area contributed by atoms with Gasteiger partial charge in [0.05, 0.1) is 4.90 Å². The fourth-order valence-electron chi connectivity index (χ4n) is 2.19. The molecule has 4 nitrogen and oxygen atoms in total. The van der Waals surface area contributed by atoms with Crippen LogP contribution in [-0.2, 0) is 9.84 Å². The van der Waals surface area contributed by atoms with Crippen LogP contribution in [0.3, 0.4) is 0 Å². The number of hydrogen-bond donors (Lipinski definition) is 1. The van der Waals surface area contributed by atoms with E-state index in [0.29, 0.717) is 16.8 Å². The molecule has 0 atom stereocenters. The normalized spacial score (nSPS) is 15.4. The molecule has 0 radical (unpaired) electrons. The van der Waals surface area contributed by atoms with E-state index in [1.165, 1.54) is 24.3 Å². The number of benzene rings is 2. The van der Waals surface area contributed by atoms with E-state index in [4.69, 9.17) is 10.5 Å². The Kier molecular flexibility index (Phi) is 3.17. The molecule has 0 bridgehead atoms. The Morgan fingerprint density at radius 1 is 1.14 bits per heavy atom. The molecule has 3 rings (SSSR count). The van der Waals surface area contributed by atoms with E-state index < -0.39 is 15.7 Å². The van der Waals surface area contributed by atoms with Crippen LogP contribution in [0.4, 0.5) is 10.1 Å². The van der Waals surface area contributed by atoms with Crippen LogP contribution in [0, 0.1) is 5.82 Å². The summed E-state index contributed by atoms with van der Waals surface area (Å²) in [4.78, 5) is 0.198. The smallest absolute Gasteiger partial charge is 0.200 e. The zero-order valence-corrected chi connectivity index (χ0v) is 11.7. The molecule has 2 aromatic rings. The van der Waals surface area contributed by atoms with Gasteiger partial charge in [0, 0.05) is 22.2 Å². The van der Waals surface area contributed by atoms with Crippen LogP contribution in [0.1, 0.15) is 5.56 Å². The quantitative estimate of drug-likeness (QED) is 0.885. The van der Waals surface area contributed by atoms with E-state index in [2.05, 4.69) is 0 Å². The van der Waals surface area contributed by atoms with Crippen LogP contribution in [0.2, 0.25) is 0 Å². The minimum Gasteiger partial charge on any atom is -0.486 e. The second-order valence-electron chi connectivity index (χ2n) is 4.66. The zero-order chi connectivity index (χ0) is 15.0. The first-order valence-electron chi connectivity index (χ1n) is 6.20. The van der Waals surface area contributed by atoms with Crippen molar-refractivity contribution in [2.45, 2.75) is 4.90 Å². The number of fused-ring (bicyclic) bond motifs is 1. The van der Waals surface area contributed by atoms with Crippen LogP contribution in [0.5, 0.6) is 5.75 Å². The Bertz CT molecular complexity index is 844. The Morgan fingerprint density at radius 2 is 1.90 bits per heavy atom. The van der Waals surface area contributed by atoms with Gasteiger partial charge in [-0.2, -0.15) is 0 Å². The molecule has 1 aliphatic heterocycles. The summed E-state index contributed by atoms with van der Waals surface area (Å²) in [6.45, 7) is -0.0450. The number of anilines is 1. The Labute approximate surface area is 121 Å². The number of nitrogens with two attached hydrogens (primary N) is 1. The number of rotatable bonds is 3. The first-order valence-corrected chi connectivity index (χ1v) is 7.75. The van der Waals surface area contributed by atoms with Crippen molar-refractivity contribution in [3.05, 3.63) is 59.3 Å². The number of ether oxygens (including phenoxy) is 1. The van der Waals surface area contributed by atoms with E-state index in [0.717, 1.165) is 5.41 Å². The lowest BCUT2D eigenvalue weighted by molar-refractivity contribution is 0.348. The van der Waals surface area contributed by atoms with Crippen LogP contribution in [-0.4, -0.2) is 15.0 Å². The fraction of sp³-hybridized carbons (Fsp3) is 0.0667. The molecule has 0 saturated heterocycles. The van der Waals surface area contributed by atoms with E-state index in [1.54, 1.807) is 18.2 Å². The van der Waals surface area contributed by atoms with E-state index in [9.17, 15) is 12.8 Å². The van der Waals surface area contributed by atoms with Crippen molar-refractivity contribution < 1.29 is 17.5 Å². The maximum Gasteiger partial charge on any atom is 0.200 e. The Morgan fingerprint density at radius 3 is 2.67 bits per heavy atom. The average Bonchev–Trinajstić information content (AvgIpc) is 2.69. The highest BCUT2D eigenvalue weighted by Gasteiger charge is 2.27. The molecule has 21 heavy (non-hydrogen) atoms. The summed E-state index contributed by atoms with van der Waals surface area (Å²) in [6, 6.07) is 10.5. The van der Waals surface area contributed by atoms with Crippen molar-refractivity contribution in [1.29, 1.82) is 0 Å². The predicted octanol–water partition coefficient (Wildman–Crippen LogP) is 2.62. The van der Waals surface area contributed by atoms with E-state index >= 15 is 0 Å². The monoisotopic (exact) mass is 305 g/mol. The topological polar surface area (TPSA) is 69.4 Å². The lowest BCUT2D eigenvalue weighted by Gasteiger charge is -2.09. The summed E-state index contributed by atoms with van der Waals surface area (Å²) < 4.78 is 42.9. The maximum atomic E-state index is 13.5. The van der Waals surface area contributed by atoms with Gasteiger partial charge in [-0.3, -0.25) is 0 Å². The molecule has 2 aromatic carbocycles. The molecular formula is C15H12FNO3S. The van der Waals surface area contributed by atoms with Crippen molar-refractivity contribution in [2.75, 3.05) is 12.3 Å². The van der Waals surface area contributed by atoms with E-state index in [-0.39, 0.29) is 17.3 Å². The second-order valence-corrected chi connectivity index (χ2v) is 6.43. The maximum absolute atomic E-state index is 13.5. The molecule has 1 heterocycles. The van der Waals surface area contributed by atoms with Crippen molar-refractivity contribution in [2.24, 2.45) is 0 Å². The number of para-hydroxylation sites is 1. The van der Waals surface area contributed by atoms with Crippen LogP contribution < -0.4 is 10.5 Å². The minimum atomic E-state index is -3.48. The van der Waals surface area contributed by atoms with Gasteiger partial charge in [-0.1, -0.05) is 12.1 Å². The second kappa shape index (κ2) is 4.89. The van der Waals surface area contributed by atoms with Crippen LogP contribution in [0.15, 0.2) is 52.8 Å². The summed E-state index contributed by atoms with van der Waals surface area (Å²) >= 11 is 0. The summed E-state index contributed by atoms with van der Waals surface area (Å²) in [6.07, 6.45) is 0. The Balaban J connectivity index is 1.91. The first kappa shape index (κ1) is 13.6. The van der Waals surface area contributed by atoms with Gasteiger partial charge in [-0.15, -0.1) is 0 Å². The van der Waals surface area contributed by atoms with Crippen molar-refractivity contribution in [1.82, 2.24) is 0 Å². The third-order valence-electron chi connectivity index (χ3n) is 3.17. The summed E-state index contributed by atoms with van der Waals surface area (Å²) in [7, 11) is -3.48. The summed E-state index contributed by atoms with van der Waals surface area (Å²) in [5.74, 6) is -0.417. The average molecular weight is 305 g/mol. The minimum absolute atomic E-state index is 0.0450. The molecule has 0 fully saturated rings. The SMILES string of the molecule is Nc1ccc2c(c1)C(COc1ccccc1F)=CS2(=O)=O. The fourth-order valence-corrected chi connectivity index (χ4v) is 3.64. The predicted molar refractivity (Wildman–Crippen MR) is 77.9 cm³/mol. The number of sulfone groups is 1. The molecule has 0 unspecified atom stereocenters. The summed E-state index contributed by atoms with van der Waals surface area (Å²) in [5.41, 5.74) is 7.12. The molecule has 6 heteroatoms. The molecule has 0 aromatic heterocycles. The molecular weight excluding hydrogens is 293 g/mol. The highest BCUT2D eigenvalue weighted by molar-refractivity contribution is 7.95. The van der Waals surface area contributed by atoms with Gasteiger partial charge in [0.25, 0.3) is 0 Å². The van der Waals surface area contributed by atoms with Gasteiger partial charge < -0.3 is 10.5 Å². The largest absolute Gasteiger partial charge is 0.486 e.